The Kier molecular flexibility index (Phi) is 9.50. The summed E-state index contributed by atoms with van der Waals surface area (Å²) in [5.74, 6) is -0.0280. The maximum atomic E-state index is 15.4. The number of halogens is 1. The molecule has 1 aromatic heterocycles. The molecule has 0 aliphatic carbocycles. The number of alkyl carbamates (subject to hydrolysis) is 1. The lowest BCUT2D eigenvalue weighted by Gasteiger charge is -2.21. The topological polar surface area (TPSA) is 134 Å². The average molecular weight is 620 g/mol. The number of nitrogens with zero attached hydrogens (tertiary/aromatic N) is 3. The summed E-state index contributed by atoms with van der Waals surface area (Å²) >= 11 is 0. The zero-order valence-corrected chi connectivity index (χ0v) is 25.8. The zero-order chi connectivity index (χ0) is 32.2. The number of methoxy groups -OCH3 is 1. The predicted octanol–water partition coefficient (Wildman–Crippen LogP) is 5.62. The van der Waals surface area contributed by atoms with Crippen molar-refractivity contribution in [2.24, 2.45) is 5.92 Å². The number of likely N-dealkylation sites (tertiary alicyclic amines) is 1. The molecule has 12 heteroatoms. The Hall–Kier alpha value is -4.74. The summed E-state index contributed by atoms with van der Waals surface area (Å²) in [6.07, 6.45) is 2.08. The van der Waals surface area contributed by atoms with Crippen molar-refractivity contribution in [2.75, 3.05) is 25.1 Å². The third-order valence-electron chi connectivity index (χ3n) is 8.40. The number of H-pyrrole nitrogens is 1. The van der Waals surface area contributed by atoms with E-state index < -0.39 is 30.1 Å². The lowest BCUT2D eigenvalue weighted by molar-refractivity contribution is -0.129. The zero-order valence-electron chi connectivity index (χ0n) is 25.8. The smallest absolute Gasteiger partial charge is 0.414 e. The van der Waals surface area contributed by atoms with Crippen LogP contribution in [-0.2, 0) is 19.1 Å². The van der Waals surface area contributed by atoms with Crippen molar-refractivity contribution in [2.45, 2.75) is 64.6 Å². The van der Waals surface area contributed by atoms with Crippen LogP contribution in [-0.4, -0.2) is 71.1 Å². The summed E-state index contributed by atoms with van der Waals surface area (Å²) in [6, 6.07) is 11.2. The molecule has 0 radical (unpaired) electrons. The van der Waals surface area contributed by atoms with E-state index in [1.54, 1.807) is 25.3 Å². The molecule has 11 nitrogen and oxygen atoms in total. The fourth-order valence-electron chi connectivity index (χ4n) is 5.96. The number of ketones is 1. The molecule has 2 aromatic carbocycles. The standard InChI is InChI=1S/C33H38FN5O6/c1-19(2)30(37-32(42)44-4)29(41)14-12-24-18-39(33(43)45-24)23-11-13-25(26(34)16-23)21-7-9-22(10-8-21)27-17-35-31(36-27)28-6-5-15-38(28)20(3)40/h7-11,13,16-17,19,24,28,30H,5-6,12,14-15,18H2,1-4H3,(H,35,36)(H,37,42)/t24-,28-,30-/m0/s1. The molecule has 2 fully saturated rings. The van der Waals surface area contributed by atoms with E-state index in [4.69, 9.17) is 4.74 Å². The Morgan fingerprint density at radius 2 is 1.89 bits per heavy atom. The second-order valence-corrected chi connectivity index (χ2v) is 11.8. The van der Waals surface area contributed by atoms with Gasteiger partial charge in [0.25, 0.3) is 0 Å². The molecule has 2 aliphatic heterocycles. The van der Waals surface area contributed by atoms with Crippen molar-refractivity contribution in [3.8, 4) is 22.4 Å². The first-order chi connectivity index (χ1) is 21.5. The minimum Gasteiger partial charge on any atom is -0.453 e. The molecule has 0 unspecified atom stereocenters. The Labute approximate surface area is 261 Å². The van der Waals surface area contributed by atoms with Gasteiger partial charge in [-0.05, 0) is 54.5 Å². The van der Waals surface area contributed by atoms with Gasteiger partial charge in [-0.3, -0.25) is 14.5 Å². The van der Waals surface area contributed by atoms with Gasteiger partial charge in [-0.2, -0.15) is 0 Å². The second-order valence-electron chi connectivity index (χ2n) is 11.8. The number of imidazole rings is 1. The normalized spacial score (nSPS) is 18.7. The Balaban J connectivity index is 1.21. The molecule has 0 bridgehead atoms. The van der Waals surface area contributed by atoms with Gasteiger partial charge in [0.05, 0.1) is 43.3 Å². The molecule has 2 saturated heterocycles. The maximum Gasteiger partial charge on any atom is 0.414 e. The number of nitrogens with one attached hydrogen (secondary N) is 2. The lowest BCUT2D eigenvalue weighted by Crippen LogP contribution is -2.44. The van der Waals surface area contributed by atoms with Gasteiger partial charge in [0, 0.05) is 25.5 Å². The summed E-state index contributed by atoms with van der Waals surface area (Å²) in [6.45, 7) is 6.11. The van der Waals surface area contributed by atoms with Crippen LogP contribution >= 0.6 is 0 Å². The molecule has 238 valence electrons. The van der Waals surface area contributed by atoms with Gasteiger partial charge in [-0.1, -0.05) is 38.1 Å². The predicted molar refractivity (Wildman–Crippen MR) is 165 cm³/mol. The van der Waals surface area contributed by atoms with Crippen molar-refractivity contribution in [1.29, 1.82) is 0 Å². The molecule has 0 saturated carbocycles. The van der Waals surface area contributed by atoms with Crippen LogP contribution in [0.3, 0.4) is 0 Å². The number of ether oxygens (including phenoxy) is 2. The van der Waals surface area contributed by atoms with E-state index in [0.29, 0.717) is 16.8 Å². The highest BCUT2D eigenvalue weighted by atomic mass is 19.1. The van der Waals surface area contributed by atoms with Crippen molar-refractivity contribution in [1.82, 2.24) is 20.2 Å². The van der Waals surface area contributed by atoms with Gasteiger partial charge in [-0.15, -0.1) is 0 Å². The van der Waals surface area contributed by atoms with Gasteiger partial charge >= 0.3 is 12.2 Å². The molecule has 3 atom stereocenters. The fraction of sp³-hybridized carbons (Fsp3) is 0.424. The number of aromatic amines is 1. The molecule has 0 spiro atoms. The highest BCUT2D eigenvalue weighted by Crippen LogP contribution is 2.33. The number of aromatic nitrogens is 2. The van der Waals surface area contributed by atoms with E-state index in [1.807, 2.05) is 43.0 Å². The number of carbonyl (C=O) groups excluding carboxylic acids is 4. The van der Waals surface area contributed by atoms with Crippen LogP contribution in [0.2, 0.25) is 0 Å². The molecule has 45 heavy (non-hydrogen) atoms. The summed E-state index contributed by atoms with van der Waals surface area (Å²) in [5.41, 5.74) is 3.10. The highest BCUT2D eigenvalue weighted by Gasteiger charge is 2.34. The van der Waals surface area contributed by atoms with Crippen LogP contribution in [0.1, 0.15) is 58.3 Å². The van der Waals surface area contributed by atoms with E-state index in [1.165, 1.54) is 18.1 Å². The Morgan fingerprint density at radius 3 is 2.56 bits per heavy atom. The van der Waals surface area contributed by atoms with Gasteiger partial charge in [0.1, 0.15) is 17.7 Å². The van der Waals surface area contributed by atoms with E-state index in [0.717, 1.165) is 36.5 Å². The van der Waals surface area contributed by atoms with Crippen LogP contribution in [0.15, 0.2) is 48.7 Å². The third kappa shape index (κ3) is 7.00. The van der Waals surface area contributed by atoms with E-state index in [2.05, 4.69) is 20.0 Å². The SMILES string of the molecule is COC(=O)N[C@H](C(=O)CC[C@H]1CN(c2ccc(-c3ccc(-c4cnc([C@@H]5CCCN5C(C)=O)[nH]4)cc3)c(F)c2)C(=O)O1)C(C)C. The molecule has 2 aliphatic rings. The molecule has 3 aromatic rings. The molecule has 3 heterocycles. The number of carbonyl (C=O) groups is 4. The first kappa shape index (κ1) is 31.7. The first-order valence-corrected chi connectivity index (χ1v) is 15.1. The first-order valence-electron chi connectivity index (χ1n) is 15.1. The van der Waals surface area contributed by atoms with Crippen LogP contribution in [0.5, 0.6) is 0 Å². The number of Topliss-reactive ketones (excluding diaryl/α,β-unsaturated/α-hetero) is 1. The number of cyclic esters (lactones) is 1. The van der Waals surface area contributed by atoms with E-state index in [9.17, 15) is 19.2 Å². The number of benzene rings is 2. The fourth-order valence-corrected chi connectivity index (χ4v) is 5.96. The van der Waals surface area contributed by atoms with Crippen molar-refractivity contribution >= 4 is 29.6 Å². The minimum atomic E-state index is -0.714. The van der Waals surface area contributed by atoms with E-state index >= 15 is 4.39 Å². The Bertz CT molecular complexity index is 1570. The van der Waals surface area contributed by atoms with Crippen molar-refractivity contribution in [3.05, 3.63) is 60.3 Å². The highest BCUT2D eigenvalue weighted by molar-refractivity contribution is 5.91. The summed E-state index contributed by atoms with van der Waals surface area (Å²) in [7, 11) is 1.23. The van der Waals surface area contributed by atoms with Crippen molar-refractivity contribution < 1.29 is 33.0 Å². The van der Waals surface area contributed by atoms with Crippen LogP contribution in [0.4, 0.5) is 19.7 Å². The number of hydrogen-bond acceptors (Lipinski definition) is 7. The molecular formula is C33H38FN5O6. The maximum absolute atomic E-state index is 15.4. The Morgan fingerprint density at radius 1 is 1.16 bits per heavy atom. The number of rotatable bonds is 10. The third-order valence-corrected chi connectivity index (χ3v) is 8.40. The number of hydrogen-bond donors (Lipinski definition) is 2. The summed E-state index contributed by atoms with van der Waals surface area (Å²) < 4.78 is 25.4. The van der Waals surface area contributed by atoms with Crippen LogP contribution < -0.4 is 10.2 Å². The number of anilines is 1. The minimum absolute atomic E-state index is 0.0346. The molecule has 3 amide bonds. The summed E-state index contributed by atoms with van der Waals surface area (Å²) in [5, 5.41) is 2.55. The second kappa shape index (κ2) is 13.5. The monoisotopic (exact) mass is 619 g/mol. The van der Waals surface area contributed by atoms with Crippen LogP contribution in [0.25, 0.3) is 22.4 Å². The van der Waals surface area contributed by atoms with Crippen molar-refractivity contribution in [3.63, 3.8) is 0 Å². The van der Waals surface area contributed by atoms with Gasteiger partial charge in [0.2, 0.25) is 5.91 Å². The number of amides is 3. The van der Waals surface area contributed by atoms with Gasteiger partial charge in [0.15, 0.2) is 5.78 Å². The lowest BCUT2D eigenvalue weighted by atomic mass is 9.96. The quantitative estimate of drug-likeness (QED) is 0.301. The van der Waals surface area contributed by atoms with Gasteiger partial charge in [-0.25, -0.2) is 19.0 Å². The molecule has 5 rings (SSSR count). The van der Waals surface area contributed by atoms with Crippen LogP contribution in [0, 0.1) is 11.7 Å². The van der Waals surface area contributed by atoms with E-state index in [-0.39, 0.29) is 43.0 Å². The summed E-state index contributed by atoms with van der Waals surface area (Å²) in [4.78, 5) is 60.0. The average Bonchev–Trinajstić information content (AvgIpc) is 3.78. The van der Waals surface area contributed by atoms with Gasteiger partial charge < -0.3 is 24.7 Å². The largest absolute Gasteiger partial charge is 0.453 e. The molecule has 2 N–H and O–H groups in total. The molecular weight excluding hydrogens is 581 g/mol.